The van der Waals surface area contributed by atoms with Crippen molar-refractivity contribution in [2.75, 3.05) is 0 Å². The molecular weight excluding hydrogens is 351 g/mol. The molecule has 0 aliphatic heterocycles. The summed E-state index contributed by atoms with van der Waals surface area (Å²) in [5.74, 6) is 0.0358. The van der Waals surface area contributed by atoms with Crippen LogP contribution in [0.15, 0.2) is 42.5 Å². The van der Waals surface area contributed by atoms with E-state index in [1.165, 1.54) is 18.2 Å². The second-order valence-electron chi connectivity index (χ2n) is 5.76. The molecule has 0 aromatic heterocycles. The fourth-order valence-corrected chi connectivity index (χ4v) is 2.98. The molecule has 1 amide bonds. The molecule has 1 atom stereocenters. The van der Waals surface area contributed by atoms with Gasteiger partial charge in [0.25, 0.3) is 11.6 Å². The number of nitrogens with one attached hydrogen (secondary N) is 1. The molecule has 0 radical (unpaired) electrons. The third-order valence-corrected chi connectivity index (χ3v) is 4.58. The van der Waals surface area contributed by atoms with Crippen LogP contribution in [0, 0.1) is 16.0 Å². The first-order chi connectivity index (χ1) is 11.5. The molecule has 7 heteroatoms. The fourth-order valence-electron chi connectivity index (χ4n) is 2.59. The first-order valence-corrected chi connectivity index (χ1v) is 8.21. The minimum absolute atomic E-state index is 0.0624. The number of rotatable bonds is 5. The average Bonchev–Trinajstić information content (AvgIpc) is 3.38. The van der Waals surface area contributed by atoms with Gasteiger partial charge in [0.2, 0.25) is 0 Å². The number of nitrogens with zero attached hydrogens (tertiary/aromatic N) is 1. The van der Waals surface area contributed by atoms with Gasteiger partial charge in [-0.05, 0) is 42.5 Å². The number of amides is 1. The fraction of sp³-hybridized carbons (Fsp3) is 0.235. The van der Waals surface area contributed by atoms with Crippen LogP contribution < -0.4 is 5.32 Å². The summed E-state index contributed by atoms with van der Waals surface area (Å²) in [7, 11) is 0. The van der Waals surface area contributed by atoms with Crippen LogP contribution in [0.25, 0.3) is 0 Å². The molecule has 124 valence electrons. The predicted octanol–water partition coefficient (Wildman–Crippen LogP) is 4.78. The lowest BCUT2D eigenvalue weighted by Crippen LogP contribution is -2.30. The maximum absolute atomic E-state index is 12.5. The quantitative estimate of drug-likeness (QED) is 0.612. The first-order valence-electron chi connectivity index (χ1n) is 7.46. The number of hydrogen-bond acceptors (Lipinski definition) is 3. The Kier molecular flexibility index (Phi) is 4.73. The highest BCUT2D eigenvalue weighted by Crippen LogP contribution is 2.41. The highest BCUT2D eigenvalue weighted by Gasteiger charge is 2.34. The van der Waals surface area contributed by atoms with Crippen molar-refractivity contribution in [2.45, 2.75) is 18.9 Å². The van der Waals surface area contributed by atoms with E-state index in [1.54, 1.807) is 12.1 Å². The summed E-state index contributed by atoms with van der Waals surface area (Å²) < 4.78 is 0. The summed E-state index contributed by atoms with van der Waals surface area (Å²) >= 11 is 11.9. The van der Waals surface area contributed by atoms with Crippen molar-refractivity contribution in [1.29, 1.82) is 0 Å². The lowest BCUT2D eigenvalue weighted by atomic mass is 10.0. The summed E-state index contributed by atoms with van der Waals surface area (Å²) in [5.41, 5.74) is 1.06. The summed E-state index contributed by atoms with van der Waals surface area (Å²) in [6.07, 6.45) is 2.09. The highest BCUT2D eigenvalue weighted by molar-refractivity contribution is 6.34. The van der Waals surface area contributed by atoms with Crippen LogP contribution in [0.2, 0.25) is 10.0 Å². The van der Waals surface area contributed by atoms with Crippen LogP contribution in [0.4, 0.5) is 5.69 Å². The van der Waals surface area contributed by atoms with Crippen LogP contribution in [-0.4, -0.2) is 10.8 Å². The van der Waals surface area contributed by atoms with E-state index >= 15 is 0 Å². The summed E-state index contributed by atoms with van der Waals surface area (Å²) in [4.78, 5) is 22.7. The van der Waals surface area contributed by atoms with Gasteiger partial charge in [-0.3, -0.25) is 14.9 Å². The van der Waals surface area contributed by atoms with Crippen LogP contribution in [-0.2, 0) is 0 Å². The topological polar surface area (TPSA) is 72.2 Å². The Bertz CT molecular complexity index is 789. The Morgan fingerprint density at radius 1 is 1.17 bits per heavy atom. The zero-order chi connectivity index (χ0) is 17.3. The Labute approximate surface area is 148 Å². The molecule has 0 unspecified atom stereocenters. The monoisotopic (exact) mass is 364 g/mol. The third kappa shape index (κ3) is 3.68. The van der Waals surface area contributed by atoms with Crippen molar-refractivity contribution in [3.63, 3.8) is 0 Å². The van der Waals surface area contributed by atoms with Gasteiger partial charge in [-0.1, -0.05) is 35.3 Å². The van der Waals surface area contributed by atoms with Crippen LogP contribution in [0.5, 0.6) is 0 Å². The standard InChI is InChI=1S/C17H14Cl2N2O3/c18-12-5-3-11(4-6-12)16(10-1-2-10)20-17(22)14-8-7-13(21(23)24)9-15(14)19/h3-10,16H,1-2H2,(H,20,22)/t16-/m1/s1. The van der Waals surface area contributed by atoms with Gasteiger partial charge in [-0.2, -0.15) is 0 Å². The average molecular weight is 365 g/mol. The molecular formula is C17H14Cl2N2O3. The SMILES string of the molecule is O=C(N[C@@H](c1ccc(Cl)cc1)C1CC1)c1ccc([N+](=O)[O-])cc1Cl. The molecule has 1 saturated carbocycles. The molecule has 3 rings (SSSR count). The summed E-state index contributed by atoms with van der Waals surface area (Å²) in [5, 5.41) is 14.4. The Balaban J connectivity index is 1.81. The second-order valence-corrected chi connectivity index (χ2v) is 6.61. The Hall–Kier alpha value is -2.11. The van der Waals surface area contributed by atoms with E-state index in [4.69, 9.17) is 23.2 Å². The van der Waals surface area contributed by atoms with Gasteiger partial charge < -0.3 is 5.32 Å². The second kappa shape index (κ2) is 6.79. The molecule has 2 aromatic rings. The maximum Gasteiger partial charge on any atom is 0.270 e. The summed E-state index contributed by atoms with van der Waals surface area (Å²) in [6, 6.07) is 11.1. The summed E-state index contributed by atoms with van der Waals surface area (Å²) in [6.45, 7) is 0. The van der Waals surface area contributed by atoms with Crippen molar-refractivity contribution in [3.05, 3.63) is 73.8 Å². The number of carbonyl (C=O) groups excluding carboxylic acids is 1. The number of nitro benzene ring substituents is 1. The van der Waals surface area contributed by atoms with E-state index in [9.17, 15) is 14.9 Å². The maximum atomic E-state index is 12.5. The van der Waals surface area contributed by atoms with Crippen molar-refractivity contribution >= 4 is 34.8 Å². The zero-order valence-corrected chi connectivity index (χ0v) is 14.1. The number of non-ortho nitro benzene ring substituents is 1. The predicted molar refractivity (Wildman–Crippen MR) is 92.5 cm³/mol. The minimum Gasteiger partial charge on any atom is -0.345 e. The molecule has 2 aromatic carbocycles. The number of halogens is 2. The van der Waals surface area contributed by atoms with Gasteiger partial charge in [-0.15, -0.1) is 0 Å². The molecule has 24 heavy (non-hydrogen) atoms. The van der Waals surface area contributed by atoms with Crippen molar-refractivity contribution in [3.8, 4) is 0 Å². The number of nitro groups is 1. The van der Waals surface area contributed by atoms with E-state index in [2.05, 4.69) is 5.32 Å². The molecule has 1 aliphatic rings. The lowest BCUT2D eigenvalue weighted by Gasteiger charge is -2.19. The van der Waals surface area contributed by atoms with Crippen molar-refractivity contribution in [2.24, 2.45) is 5.92 Å². The van der Waals surface area contributed by atoms with Gasteiger partial charge in [0.15, 0.2) is 0 Å². The lowest BCUT2D eigenvalue weighted by molar-refractivity contribution is -0.384. The van der Waals surface area contributed by atoms with Gasteiger partial charge in [0.1, 0.15) is 0 Å². The Morgan fingerprint density at radius 3 is 2.38 bits per heavy atom. The molecule has 0 heterocycles. The molecule has 1 N–H and O–H groups in total. The first kappa shape index (κ1) is 16.7. The normalized spacial score (nSPS) is 14.9. The van der Waals surface area contributed by atoms with Gasteiger partial charge in [0, 0.05) is 17.2 Å². The smallest absolute Gasteiger partial charge is 0.270 e. The van der Waals surface area contributed by atoms with E-state index in [-0.39, 0.29) is 28.2 Å². The van der Waals surface area contributed by atoms with Crippen molar-refractivity contribution < 1.29 is 9.72 Å². The van der Waals surface area contributed by atoms with Gasteiger partial charge >= 0.3 is 0 Å². The third-order valence-electron chi connectivity index (χ3n) is 4.02. The number of hydrogen-bond donors (Lipinski definition) is 1. The highest BCUT2D eigenvalue weighted by atomic mass is 35.5. The van der Waals surface area contributed by atoms with E-state index in [0.29, 0.717) is 10.9 Å². The van der Waals surface area contributed by atoms with E-state index in [1.807, 2.05) is 12.1 Å². The molecule has 0 saturated heterocycles. The van der Waals surface area contributed by atoms with Gasteiger partial charge in [0.05, 0.1) is 21.6 Å². The van der Waals surface area contributed by atoms with E-state index < -0.39 is 4.92 Å². The molecule has 5 nitrogen and oxygen atoms in total. The molecule has 0 bridgehead atoms. The molecule has 1 fully saturated rings. The minimum atomic E-state index is -0.547. The Morgan fingerprint density at radius 2 is 1.83 bits per heavy atom. The van der Waals surface area contributed by atoms with Crippen LogP contribution in [0.3, 0.4) is 0 Å². The molecule has 0 spiro atoms. The number of benzene rings is 2. The van der Waals surface area contributed by atoms with Gasteiger partial charge in [-0.25, -0.2) is 0 Å². The van der Waals surface area contributed by atoms with Crippen LogP contribution >= 0.6 is 23.2 Å². The van der Waals surface area contributed by atoms with Crippen LogP contribution in [0.1, 0.15) is 34.8 Å². The van der Waals surface area contributed by atoms with E-state index in [0.717, 1.165) is 18.4 Å². The number of carbonyl (C=O) groups is 1. The van der Waals surface area contributed by atoms with Crippen molar-refractivity contribution in [1.82, 2.24) is 5.32 Å². The zero-order valence-electron chi connectivity index (χ0n) is 12.5. The molecule has 1 aliphatic carbocycles. The largest absolute Gasteiger partial charge is 0.345 e.